The maximum absolute atomic E-state index is 4.46. The molecule has 0 N–H and O–H groups in total. The fourth-order valence-corrected chi connectivity index (χ4v) is 3.35. The Labute approximate surface area is 135 Å². The van der Waals surface area contributed by atoms with Crippen molar-refractivity contribution in [2.75, 3.05) is 6.54 Å². The highest BCUT2D eigenvalue weighted by atomic mass is 79.9. The summed E-state index contributed by atoms with van der Waals surface area (Å²) < 4.78 is 3.24. The molecule has 21 heavy (non-hydrogen) atoms. The van der Waals surface area contributed by atoms with Gasteiger partial charge in [0, 0.05) is 42.4 Å². The van der Waals surface area contributed by atoms with Crippen molar-refractivity contribution in [1.82, 2.24) is 14.7 Å². The van der Waals surface area contributed by atoms with Gasteiger partial charge in [-0.05, 0) is 35.6 Å². The third-order valence-corrected chi connectivity index (χ3v) is 4.40. The highest BCUT2D eigenvalue weighted by Crippen LogP contribution is 2.23. The van der Waals surface area contributed by atoms with Crippen LogP contribution in [0.4, 0.5) is 0 Å². The Kier molecular flexibility index (Phi) is 4.45. The molecule has 0 bridgehead atoms. The number of halogens is 1. The number of fused-ring (bicyclic) bond motifs is 1. The first kappa shape index (κ1) is 14.8. The third-order valence-electron chi connectivity index (χ3n) is 3.90. The van der Waals surface area contributed by atoms with E-state index in [1.54, 1.807) is 0 Å². The van der Waals surface area contributed by atoms with E-state index in [0.29, 0.717) is 5.92 Å². The minimum absolute atomic E-state index is 0.636. The lowest BCUT2D eigenvalue weighted by Crippen LogP contribution is -2.29. The zero-order valence-electron chi connectivity index (χ0n) is 12.7. The molecule has 1 aromatic heterocycles. The molecule has 4 heteroatoms. The van der Waals surface area contributed by atoms with E-state index in [2.05, 4.69) is 68.9 Å². The van der Waals surface area contributed by atoms with E-state index in [-0.39, 0.29) is 0 Å². The molecule has 3 rings (SSSR count). The summed E-state index contributed by atoms with van der Waals surface area (Å²) >= 11 is 3.57. The molecule has 0 saturated heterocycles. The van der Waals surface area contributed by atoms with Gasteiger partial charge in [-0.1, -0.05) is 35.8 Å². The highest BCUT2D eigenvalue weighted by molar-refractivity contribution is 9.10. The molecule has 2 aromatic rings. The van der Waals surface area contributed by atoms with E-state index < -0.39 is 0 Å². The lowest BCUT2D eigenvalue weighted by molar-refractivity contribution is 0.245. The molecule has 3 nitrogen and oxygen atoms in total. The van der Waals surface area contributed by atoms with Gasteiger partial charge in [-0.2, -0.15) is 5.10 Å². The Bertz CT molecular complexity index is 618. The van der Waals surface area contributed by atoms with Crippen LogP contribution in [0.3, 0.4) is 0 Å². The smallest absolute Gasteiger partial charge is 0.0534 e. The van der Waals surface area contributed by atoms with Crippen LogP contribution in [-0.2, 0) is 26.1 Å². The van der Waals surface area contributed by atoms with E-state index in [1.807, 2.05) is 6.20 Å². The van der Waals surface area contributed by atoms with Crippen molar-refractivity contribution in [3.63, 3.8) is 0 Å². The molecule has 0 aliphatic carbocycles. The fraction of sp³-hybridized carbons (Fsp3) is 0.471. The summed E-state index contributed by atoms with van der Waals surface area (Å²) in [5.74, 6) is 0.636. The monoisotopic (exact) mass is 347 g/mol. The number of hydrogen-bond acceptors (Lipinski definition) is 2. The molecular formula is C17H22BrN3. The van der Waals surface area contributed by atoms with Gasteiger partial charge in [0.2, 0.25) is 0 Å². The Morgan fingerprint density at radius 3 is 2.95 bits per heavy atom. The van der Waals surface area contributed by atoms with Crippen LogP contribution in [0.15, 0.2) is 35.1 Å². The van der Waals surface area contributed by atoms with Crippen LogP contribution >= 0.6 is 15.9 Å². The number of hydrogen-bond donors (Lipinski definition) is 0. The summed E-state index contributed by atoms with van der Waals surface area (Å²) in [5, 5.41) is 4.46. The quantitative estimate of drug-likeness (QED) is 0.837. The molecular weight excluding hydrogens is 326 g/mol. The molecule has 1 aromatic carbocycles. The molecule has 2 heterocycles. The molecule has 0 amide bonds. The largest absolute Gasteiger partial charge is 0.294 e. The second-order valence-electron chi connectivity index (χ2n) is 6.34. The van der Waals surface area contributed by atoms with Crippen LogP contribution in [0.2, 0.25) is 0 Å². The van der Waals surface area contributed by atoms with Crippen molar-refractivity contribution in [3.05, 3.63) is 51.8 Å². The Morgan fingerprint density at radius 2 is 2.14 bits per heavy atom. The average molecular weight is 348 g/mol. The van der Waals surface area contributed by atoms with E-state index >= 15 is 0 Å². The minimum atomic E-state index is 0.636. The average Bonchev–Trinajstić information content (AvgIpc) is 2.84. The van der Waals surface area contributed by atoms with Gasteiger partial charge in [0.05, 0.1) is 6.20 Å². The normalized spacial score (nSPS) is 15.4. The summed E-state index contributed by atoms with van der Waals surface area (Å²) in [6, 6.07) is 6.64. The molecule has 0 atom stereocenters. The first-order chi connectivity index (χ1) is 10.1. The third kappa shape index (κ3) is 3.74. The molecule has 0 fully saturated rings. The van der Waals surface area contributed by atoms with Crippen LogP contribution in [-0.4, -0.2) is 21.2 Å². The zero-order chi connectivity index (χ0) is 14.8. The maximum Gasteiger partial charge on any atom is 0.0534 e. The summed E-state index contributed by atoms with van der Waals surface area (Å²) in [6.07, 6.45) is 5.35. The number of aromatic nitrogens is 2. The van der Waals surface area contributed by atoms with Crippen molar-refractivity contribution in [2.45, 2.75) is 39.9 Å². The van der Waals surface area contributed by atoms with Crippen molar-refractivity contribution in [1.29, 1.82) is 0 Å². The number of benzene rings is 1. The predicted molar refractivity (Wildman–Crippen MR) is 89.0 cm³/mol. The lowest BCUT2D eigenvalue weighted by atomic mass is 10.00. The minimum Gasteiger partial charge on any atom is -0.294 e. The molecule has 1 aliphatic heterocycles. The molecule has 1 aliphatic rings. The van der Waals surface area contributed by atoms with Crippen molar-refractivity contribution < 1.29 is 0 Å². The molecule has 112 valence electrons. The van der Waals surface area contributed by atoms with Gasteiger partial charge in [-0.25, -0.2) is 0 Å². The Morgan fingerprint density at radius 1 is 1.29 bits per heavy atom. The second-order valence-corrected chi connectivity index (χ2v) is 7.25. The van der Waals surface area contributed by atoms with E-state index in [4.69, 9.17) is 0 Å². The Hall–Kier alpha value is -1.13. The van der Waals surface area contributed by atoms with E-state index in [9.17, 15) is 0 Å². The standard InChI is InChI=1S/C17H22BrN3/c1-13(2)9-21-11-14(8-19-21)10-20-6-5-15-3-4-17(18)7-16(15)12-20/h3-4,7-8,11,13H,5-6,9-10,12H2,1-2H3. The van der Waals surface area contributed by atoms with Gasteiger partial charge in [-0.15, -0.1) is 0 Å². The van der Waals surface area contributed by atoms with Gasteiger partial charge >= 0.3 is 0 Å². The highest BCUT2D eigenvalue weighted by Gasteiger charge is 2.17. The summed E-state index contributed by atoms with van der Waals surface area (Å²) in [4.78, 5) is 2.51. The summed E-state index contributed by atoms with van der Waals surface area (Å²) in [6.45, 7) is 8.59. The Balaban J connectivity index is 1.65. The van der Waals surface area contributed by atoms with E-state index in [1.165, 1.54) is 21.2 Å². The molecule has 0 saturated carbocycles. The number of rotatable bonds is 4. The molecule has 0 spiro atoms. The molecule has 0 radical (unpaired) electrons. The van der Waals surface area contributed by atoms with Crippen molar-refractivity contribution in [2.24, 2.45) is 5.92 Å². The van der Waals surface area contributed by atoms with Crippen LogP contribution in [0.5, 0.6) is 0 Å². The van der Waals surface area contributed by atoms with Crippen molar-refractivity contribution in [3.8, 4) is 0 Å². The van der Waals surface area contributed by atoms with Crippen LogP contribution < -0.4 is 0 Å². The van der Waals surface area contributed by atoms with Gasteiger partial charge in [0.25, 0.3) is 0 Å². The van der Waals surface area contributed by atoms with Gasteiger partial charge < -0.3 is 0 Å². The first-order valence-electron chi connectivity index (χ1n) is 7.61. The zero-order valence-corrected chi connectivity index (χ0v) is 14.3. The van der Waals surface area contributed by atoms with Crippen molar-refractivity contribution >= 4 is 15.9 Å². The second kappa shape index (κ2) is 6.32. The predicted octanol–water partition coefficient (Wildman–Crippen LogP) is 3.86. The number of nitrogens with zero attached hydrogens (tertiary/aromatic N) is 3. The van der Waals surface area contributed by atoms with Crippen LogP contribution in [0.1, 0.15) is 30.5 Å². The topological polar surface area (TPSA) is 21.1 Å². The SMILES string of the molecule is CC(C)Cn1cc(CN2CCc3ccc(Br)cc3C2)cn1. The lowest BCUT2D eigenvalue weighted by Gasteiger charge is -2.28. The van der Waals surface area contributed by atoms with Gasteiger partial charge in [-0.3, -0.25) is 9.58 Å². The summed E-state index contributed by atoms with van der Waals surface area (Å²) in [5.41, 5.74) is 4.25. The van der Waals surface area contributed by atoms with Gasteiger partial charge in [0.15, 0.2) is 0 Å². The van der Waals surface area contributed by atoms with Crippen LogP contribution in [0, 0.1) is 5.92 Å². The van der Waals surface area contributed by atoms with Gasteiger partial charge in [0.1, 0.15) is 0 Å². The first-order valence-corrected chi connectivity index (χ1v) is 8.40. The fourth-order valence-electron chi connectivity index (χ4n) is 2.94. The van der Waals surface area contributed by atoms with E-state index in [0.717, 1.165) is 32.6 Å². The van der Waals surface area contributed by atoms with Crippen LogP contribution in [0.25, 0.3) is 0 Å². The molecule has 0 unspecified atom stereocenters. The maximum atomic E-state index is 4.46. The summed E-state index contributed by atoms with van der Waals surface area (Å²) in [7, 11) is 0.